The Bertz CT molecular complexity index is 230. The lowest BCUT2D eigenvalue weighted by atomic mass is 9.89. The van der Waals surface area contributed by atoms with Crippen LogP contribution in [0, 0.1) is 5.92 Å². The van der Waals surface area contributed by atoms with Crippen molar-refractivity contribution in [3.63, 3.8) is 0 Å². The topological polar surface area (TPSA) is 95.1 Å². The Kier molecular flexibility index (Phi) is 1.80. The van der Waals surface area contributed by atoms with Crippen molar-refractivity contribution in [1.29, 1.82) is 0 Å². The molecule has 0 spiro atoms. The standard InChI is InChI=1S/C7H11N3O/c8-6(11)5-3-1-2-4-7(5,9)10/h1-5H,9-10H2,(H2,8,11). The molecule has 0 heterocycles. The molecule has 0 aliphatic heterocycles. The largest absolute Gasteiger partial charge is 0.369 e. The van der Waals surface area contributed by atoms with Gasteiger partial charge in [0.25, 0.3) is 0 Å². The number of allylic oxidation sites excluding steroid dienone is 2. The molecule has 11 heavy (non-hydrogen) atoms. The first-order chi connectivity index (χ1) is 5.04. The number of nitrogens with two attached hydrogens (primary N) is 3. The van der Waals surface area contributed by atoms with Gasteiger partial charge in [0.1, 0.15) is 0 Å². The molecule has 0 saturated carbocycles. The molecular weight excluding hydrogens is 142 g/mol. The molecule has 0 radical (unpaired) electrons. The fraction of sp³-hybridized carbons (Fsp3) is 0.286. The van der Waals surface area contributed by atoms with Crippen molar-refractivity contribution >= 4 is 5.91 Å². The normalized spacial score (nSPS) is 26.9. The second kappa shape index (κ2) is 2.48. The van der Waals surface area contributed by atoms with Crippen LogP contribution in [0.5, 0.6) is 0 Å². The summed E-state index contributed by atoms with van der Waals surface area (Å²) in [7, 11) is 0. The van der Waals surface area contributed by atoms with Gasteiger partial charge < -0.3 is 17.2 Å². The van der Waals surface area contributed by atoms with E-state index < -0.39 is 17.5 Å². The molecule has 1 rings (SSSR count). The van der Waals surface area contributed by atoms with Gasteiger partial charge in [-0.15, -0.1) is 0 Å². The van der Waals surface area contributed by atoms with Crippen molar-refractivity contribution in [3.8, 4) is 0 Å². The highest BCUT2D eigenvalue weighted by Crippen LogP contribution is 2.15. The zero-order chi connectivity index (χ0) is 8.48. The van der Waals surface area contributed by atoms with Crippen molar-refractivity contribution in [2.45, 2.75) is 5.66 Å². The van der Waals surface area contributed by atoms with E-state index in [4.69, 9.17) is 17.2 Å². The van der Waals surface area contributed by atoms with Gasteiger partial charge in [-0.25, -0.2) is 0 Å². The number of carbonyl (C=O) groups excluding carboxylic acids is 1. The van der Waals surface area contributed by atoms with E-state index in [-0.39, 0.29) is 0 Å². The SMILES string of the molecule is NC(=O)C1C=CC=CC1(N)N. The van der Waals surface area contributed by atoms with Gasteiger partial charge in [-0.2, -0.15) is 0 Å². The molecule has 1 aliphatic rings. The monoisotopic (exact) mass is 153 g/mol. The third kappa shape index (κ3) is 1.47. The first kappa shape index (κ1) is 7.97. The zero-order valence-electron chi connectivity index (χ0n) is 6.03. The van der Waals surface area contributed by atoms with E-state index in [1.165, 1.54) is 0 Å². The Morgan fingerprint density at radius 1 is 1.36 bits per heavy atom. The van der Waals surface area contributed by atoms with Crippen LogP contribution in [0.15, 0.2) is 24.3 Å². The van der Waals surface area contributed by atoms with E-state index in [0.29, 0.717) is 0 Å². The fourth-order valence-electron chi connectivity index (χ4n) is 1.01. The fourth-order valence-corrected chi connectivity index (χ4v) is 1.01. The smallest absolute Gasteiger partial charge is 0.227 e. The molecule has 1 amide bonds. The molecule has 4 nitrogen and oxygen atoms in total. The molecule has 6 N–H and O–H groups in total. The molecule has 0 bridgehead atoms. The molecule has 4 heteroatoms. The highest BCUT2D eigenvalue weighted by Gasteiger charge is 2.31. The molecule has 60 valence electrons. The second-order valence-electron chi connectivity index (χ2n) is 2.62. The van der Waals surface area contributed by atoms with Crippen molar-refractivity contribution in [2.24, 2.45) is 23.1 Å². The van der Waals surface area contributed by atoms with E-state index in [2.05, 4.69) is 0 Å². The van der Waals surface area contributed by atoms with Gasteiger partial charge in [-0.05, 0) is 6.08 Å². The summed E-state index contributed by atoms with van der Waals surface area (Å²) in [6, 6.07) is 0. The number of hydrogen-bond acceptors (Lipinski definition) is 3. The lowest BCUT2D eigenvalue weighted by molar-refractivity contribution is -0.121. The molecule has 1 unspecified atom stereocenters. The predicted octanol–water partition coefficient (Wildman–Crippen LogP) is -1.17. The van der Waals surface area contributed by atoms with Crippen LogP contribution in [0.2, 0.25) is 0 Å². The molecule has 0 saturated heterocycles. The molecular formula is C7H11N3O. The molecule has 1 atom stereocenters. The van der Waals surface area contributed by atoms with E-state index >= 15 is 0 Å². The Morgan fingerprint density at radius 3 is 2.36 bits per heavy atom. The van der Waals surface area contributed by atoms with Gasteiger partial charge in [0.05, 0.1) is 11.6 Å². The minimum absolute atomic E-state index is 0.504. The van der Waals surface area contributed by atoms with Crippen LogP contribution >= 0.6 is 0 Å². The van der Waals surface area contributed by atoms with Gasteiger partial charge in [-0.3, -0.25) is 4.79 Å². The third-order valence-corrected chi connectivity index (χ3v) is 1.64. The van der Waals surface area contributed by atoms with E-state index in [9.17, 15) is 4.79 Å². The minimum Gasteiger partial charge on any atom is -0.369 e. The first-order valence-corrected chi connectivity index (χ1v) is 3.27. The third-order valence-electron chi connectivity index (χ3n) is 1.64. The molecule has 1 aliphatic carbocycles. The summed E-state index contributed by atoms with van der Waals surface area (Å²) in [6.45, 7) is 0. The maximum atomic E-state index is 10.7. The minimum atomic E-state index is -1.12. The highest BCUT2D eigenvalue weighted by atomic mass is 16.1. The van der Waals surface area contributed by atoms with Gasteiger partial charge in [0, 0.05) is 0 Å². The maximum Gasteiger partial charge on any atom is 0.227 e. The van der Waals surface area contributed by atoms with E-state index in [0.717, 1.165) is 0 Å². The van der Waals surface area contributed by atoms with E-state index in [1.807, 2.05) is 0 Å². The van der Waals surface area contributed by atoms with Crippen molar-refractivity contribution in [3.05, 3.63) is 24.3 Å². The van der Waals surface area contributed by atoms with Crippen molar-refractivity contribution in [2.75, 3.05) is 0 Å². The lowest BCUT2D eigenvalue weighted by Gasteiger charge is -2.28. The summed E-state index contributed by atoms with van der Waals surface area (Å²) >= 11 is 0. The maximum absolute atomic E-state index is 10.7. The number of hydrogen-bond donors (Lipinski definition) is 3. The first-order valence-electron chi connectivity index (χ1n) is 3.27. The Hall–Kier alpha value is -1.13. The van der Waals surface area contributed by atoms with Crippen LogP contribution in [0.4, 0.5) is 0 Å². The molecule has 0 aromatic rings. The number of rotatable bonds is 1. The summed E-state index contributed by atoms with van der Waals surface area (Å²) in [6.07, 6.45) is 6.55. The highest BCUT2D eigenvalue weighted by molar-refractivity contribution is 5.80. The summed E-state index contributed by atoms with van der Waals surface area (Å²) in [5, 5.41) is 0. The quantitative estimate of drug-likeness (QED) is 0.414. The van der Waals surface area contributed by atoms with E-state index in [1.54, 1.807) is 24.3 Å². The Labute approximate surface area is 64.7 Å². The molecule has 0 fully saturated rings. The summed E-state index contributed by atoms with van der Waals surface area (Å²) in [5.74, 6) is -1.11. The average molecular weight is 153 g/mol. The van der Waals surface area contributed by atoms with Crippen LogP contribution < -0.4 is 17.2 Å². The number of primary amides is 1. The second-order valence-corrected chi connectivity index (χ2v) is 2.62. The van der Waals surface area contributed by atoms with Crippen LogP contribution in [0.25, 0.3) is 0 Å². The number of amides is 1. The zero-order valence-corrected chi connectivity index (χ0v) is 6.03. The van der Waals surface area contributed by atoms with Crippen molar-refractivity contribution < 1.29 is 4.79 Å². The summed E-state index contributed by atoms with van der Waals surface area (Å²) < 4.78 is 0. The van der Waals surface area contributed by atoms with Gasteiger partial charge in [0.2, 0.25) is 5.91 Å². The average Bonchev–Trinajstić information content (AvgIpc) is 1.85. The van der Waals surface area contributed by atoms with Gasteiger partial charge in [0.15, 0.2) is 0 Å². The van der Waals surface area contributed by atoms with Gasteiger partial charge in [-0.1, -0.05) is 18.2 Å². The number of carbonyl (C=O) groups is 1. The lowest BCUT2D eigenvalue weighted by Crippen LogP contribution is -2.57. The summed E-state index contributed by atoms with van der Waals surface area (Å²) in [4.78, 5) is 10.7. The van der Waals surface area contributed by atoms with Crippen LogP contribution in [0.1, 0.15) is 0 Å². The van der Waals surface area contributed by atoms with Gasteiger partial charge >= 0.3 is 0 Å². The predicted molar refractivity (Wildman–Crippen MR) is 42.1 cm³/mol. The molecule has 0 aromatic heterocycles. The van der Waals surface area contributed by atoms with Crippen LogP contribution in [-0.4, -0.2) is 11.6 Å². The van der Waals surface area contributed by atoms with Crippen molar-refractivity contribution in [1.82, 2.24) is 0 Å². The van der Waals surface area contributed by atoms with Crippen LogP contribution in [-0.2, 0) is 4.79 Å². The summed E-state index contributed by atoms with van der Waals surface area (Å²) in [5.41, 5.74) is 15.1. The van der Waals surface area contributed by atoms with Crippen LogP contribution in [0.3, 0.4) is 0 Å². The molecule has 0 aromatic carbocycles. The Balaban J connectivity index is 2.89. The Morgan fingerprint density at radius 2 is 2.00 bits per heavy atom.